The van der Waals surface area contributed by atoms with Gasteiger partial charge in [0.1, 0.15) is 5.82 Å². The predicted molar refractivity (Wildman–Crippen MR) is 106 cm³/mol. The Hall–Kier alpha value is -3.68. The van der Waals surface area contributed by atoms with E-state index in [4.69, 9.17) is 19.9 Å². The van der Waals surface area contributed by atoms with Crippen LogP contribution in [-0.2, 0) is 0 Å². The lowest BCUT2D eigenvalue weighted by molar-refractivity contribution is 0.324. The molecule has 1 heterocycles. The fourth-order valence-corrected chi connectivity index (χ4v) is 2.49. The molecule has 0 aliphatic carbocycles. The maximum atomic E-state index is 5.70. The Morgan fingerprint density at radius 3 is 2.07 bits per heavy atom. The van der Waals surface area contributed by atoms with E-state index in [9.17, 15) is 0 Å². The van der Waals surface area contributed by atoms with E-state index in [1.165, 1.54) is 0 Å². The molecule has 140 valence electrons. The molecule has 0 radical (unpaired) electrons. The van der Waals surface area contributed by atoms with Gasteiger partial charge >= 0.3 is 0 Å². The van der Waals surface area contributed by atoms with Crippen LogP contribution in [-0.4, -0.2) is 31.3 Å². The number of rotatable bonds is 7. The fraction of sp³-hybridized carbons (Fsp3) is 0.158. The van der Waals surface area contributed by atoms with E-state index < -0.39 is 0 Å². The van der Waals surface area contributed by atoms with Crippen LogP contribution in [0.1, 0.15) is 0 Å². The number of hydrogen-bond acceptors (Lipinski definition) is 8. The number of benzene rings is 2. The Morgan fingerprint density at radius 2 is 1.48 bits per heavy atom. The number of anilines is 5. The van der Waals surface area contributed by atoms with Crippen LogP contribution in [0.15, 0.2) is 48.7 Å². The van der Waals surface area contributed by atoms with Gasteiger partial charge < -0.3 is 30.6 Å². The number of methoxy groups -OCH3 is 3. The molecule has 0 saturated carbocycles. The van der Waals surface area contributed by atoms with Gasteiger partial charge in [-0.15, -0.1) is 0 Å². The predicted octanol–water partition coefficient (Wildman–Crippen LogP) is 3.57. The van der Waals surface area contributed by atoms with E-state index in [1.54, 1.807) is 57.9 Å². The molecular weight excluding hydrogens is 346 g/mol. The Balaban J connectivity index is 1.82. The summed E-state index contributed by atoms with van der Waals surface area (Å²) in [5, 5.41) is 6.35. The molecule has 4 N–H and O–H groups in total. The van der Waals surface area contributed by atoms with Crippen LogP contribution in [0.25, 0.3) is 0 Å². The van der Waals surface area contributed by atoms with Gasteiger partial charge in [-0.2, -0.15) is 4.98 Å². The van der Waals surface area contributed by atoms with Crippen molar-refractivity contribution < 1.29 is 14.2 Å². The average Bonchev–Trinajstić information content (AvgIpc) is 2.69. The minimum Gasteiger partial charge on any atom is -0.493 e. The SMILES string of the molecule is COc1cc(Nc2ccnc(Nc3ccc(N)cc3)n2)cc(OC)c1OC. The number of nitrogen functional groups attached to an aromatic ring is 1. The molecule has 8 heteroatoms. The first-order valence-electron chi connectivity index (χ1n) is 8.15. The number of hydrogen-bond donors (Lipinski definition) is 3. The maximum absolute atomic E-state index is 5.70. The zero-order chi connectivity index (χ0) is 19.2. The van der Waals surface area contributed by atoms with Crippen LogP contribution in [0.2, 0.25) is 0 Å². The topological polar surface area (TPSA) is 104 Å². The van der Waals surface area contributed by atoms with Crippen LogP contribution in [0, 0.1) is 0 Å². The Morgan fingerprint density at radius 1 is 0.815 bits per heavy atom. The summed E-state index contributed by atoms with van der Waals surface area (Å²) in [5.41, 5.74) is 7.97. The fourth-order valence-electron chi connectivity index (χ4n) is 2.49. The van der Waals surface area contributed by atoms with E-state index in [2.05, 4.69) is 20.6 Å². The minimum absolute atomic E-state index is 0.456. The Kier molecular flexibility index (Phi) is 5.46. The third-order valence-electron chi connectivity index (χ3n) is 3.76. The number of aromatic nitrogens is 2. The number of ether oxygens (including phenoxy) is 3. The lowest BCUT2D eigenvalue weighted by atomic mass is 10.2. The third kappa shape index (κ3) is 4.30. The molecule has 0 amide bonds. The van der Waals surface area contributed by atoms with Crippen molar-refractivity contribution in [3.05, 3.63) is 48.7 Å². The summed E-state index contributed by atoms with van der Waals surface area (Å²) in [5.74, 6) is 2.69. The van der Waals surface area contributed by atoms with Crippen molar-refractivity contribution in [2.45, 2.75) is 0 Å². The lowest BCUT2D eigenvalue weighted by Gasteiger charge is -2.15. The summed E-state index contributed by atoms with van der Waals surface area (Å²) in [6.07, 6.45) is 1.66. The van der Waals surface area contributed by atoms with E-state index in [1.807, 2.05) is 12.1 Å². The maximum Gasteiger partial charge on any atom is 0.229 e. The standard InChI is InChI=1S/C19H21N5O3/c1-25-15-10-14(11-16(26-2)18(15)27-3)22-17-8-9-21-19(24-17)23-13-6-4-12(20)5-7-13/h4-11H,20H2,1-3H3,(H2,21,22,23,24). The molecule has 0 bridgehead atoms. The second-order valence-corrected chi connectivity index (χ2v) is 5.55. The van der Waals surface area contributed by atoms with Gasteiger partial charge in [-0.3, -0.25) is 0 Å². The summed E-state index contributed by atoms with van der Waals surface area (Å²) in [4.78, 5) is 8.69. The highest BCUT2D eigenvalue weighted by Crippen LogP contribution is 2.40. The van der Waals surface area contributed by atoms with Crippen LogP contribution >= 0.6 is 0 Å². The molecular formula is C19H21N5O3. The summed E-state index contributed by atoms with van der Waals surface area (Å²) >= 11 is 0. The first-order chi connectivity index (χ1) is 13.1. The first-order valence-corrected chi connectivity index (χ1v) is 8.15. The van der Waals surface area contributed by atoms with Gasteiger partial charge in [-0.25, -0.2) is 4.98 Å². The van der Waals surface area contributed by atoms with Gasteiger partial charge in [-0.05, 0) is 30.3 Å². The lowest BCUT2D eigenvalue weighted by Crippen LogP contribution is -2.01. The average molecular weight is 367 g/mol. The zero-order valence-corrected chi connectivity index (χ0v) is 15.3. The van der Waals surface area contributed by atoms with E-state index >= 15 is 0 Å². The quantitative estimate of drug-likeness (QED) is 0.545. The highest BCUT2D eigenvalue weighted by atomic mass is 16.5. The normalized spacial score (nSPS) is 10.2. The number of nitrogens with two attached hydrogens (primary N) is 1. The molecule has 3 rings (SSSR count). The summed E-state index contributed by atoms with van der Waals surface area (Å²) in [6.45, 7) is 0. The summed E-state index contributed by atoms with van der Waals surface area (Å²) < 4.78 is 16.1. The molecule has 0 fully saturated rings. The molecule has 0 spiro atoms. The van der Waals surface area contributed by atoms with Crippen LogP contribution in [0.3, 0.4) is 0 Å². The summed E-state index contributed by atoms with van der Waals surface area (Å²) in [7, 11) is 4.70. The van der Waals surface area contributed by atoms with Crippen molar-refractivity contribution >= 4 is 28.8 Å². The van der Waals surface area contributed by atoms with Gasteiger partial charge in [0.2, 0.25) is 11.7 Å². The molecule has 0 atom stereocenters. The number of nitrogens with zero attached hydrogens (tertiary/aromatic N) is 2. The Bertz CT molecular complexity index is 890. The number of nitrogens with one attached hydrogen (secondary N) is 2. The molecule has 8 nitrogen and oxygen atoms in total. The smallest absolute Gasteiger partial charge is 0.229 e. The van der Waals surface area contributed by atoms with Gasteiger partial charge in [-0.1, -0.05) is 0 Å². The van der Waals surface area contributed by atoms with E-state index in [0.717, 1.165) is 11.4 Å². The van der Waals surface area contributed by atoms with Crippen molar-refractivity contribution in [2.75, 3.05) is 37.7 Å². The largest absolute Gasteiger partial charge is 0.493 e. The molecule has 1 aromatic heterocycles. The van der Waals surface area contributed by atoms with Crippen molar-refractivity contribution in [1.82, 2.24) is 9.97 Å². The molecule has 0 unspecified atom stereocenters. The van der Waals surface area contributed by atoms with Gasteiger partial charge in [0, 0.05) is 35.4 Å². The zero-order valence-electron chi connectivity index (χ0n) is 15.3. The molecule has 27 heavy (non-hydrogen) atoms. The molecule has 0 aliphatic rings. The van der Waals surface area contributed by atoms with Crippen molar-refractivity contribution in [1.29, 1.82) is 0 Å². The van der Waals surface area contributed by atoms with E-state index in [-0.39, 0.29) is 0 Å². The van der Waals surface area contributed by atoms with Crippen LogP contribution in [0.5, 0.6) is 17.2 Å². The van der Waals surface area contributed by atoms with E-state index in [0.29, 0.717) is 34.7 Å². The Labute approximate surface area is 157 Å². The van der Waals surface area contributed by atoms with Gasteiger partial charge in [0.25, 0.3) is 0 Å². The summed E-state index contributed by atoms with van der Waals surface area (Å²) in [6, 6.07) is 12.7. The van der Waals surface area contributed by atoms with Crippen molar-refractivity contribution in [3.63, 3.8) is 0 Å². The van der Waals surface area contributed by atoms with Crippen LogP contribution in [0.4, 0.5) is 28.8 Å². The highest BCUT2D eigenvalue weighted by Gasteiger charge is 2.13. The second-order valence-electron chi connectivity index (χ2n) is 5.55. The van der Waals surface area contributed by atoms with Crippen molar-refractivity contribution in [3.8, 4) is 17.2 Å². The molecule has 2 aromatic carbocycles. The molecule has 0 aliphatic heterocycles. The third-order valence-corrected chi connectivity index (χ3v) is 3.76. The first kappa shape index (κ1) is 18.1. The highest BCUT2D eigenvalue weighted by molar-refractivity contribution is 5.67. The molecule has 3 aromatic rings. The van der Waals surface area contributed by atoms with Gasteiger partial charge in [0.05, 0.1) is 21.3 Å². The second kappa shape index (κ2) is 8.13. The minimum atomic E-state index is 0.456. The van der Waals surface area contributed by atoms with Gasteiger partial charge in [0.15, 0.2) is 11.5 Å². The van der Waals surface area contributed by atoms with Crippen molar-refractivity contribution in [2.24, 2.45) is 0 Å². The van der Waals surface area contributed by atoms with Crippen LogP contribution < -0.4 is 30.6 Å². The monoisotopic (exact) mass is 367 g/mol. The molecule has 0 saturated heterocycles.